The number of nitrogens with zero attached hydrogens (tertiary/aromatic N) is 1. The lowest BCUT2D eigenvalue weighted by Gasteiger charge is -2.37. The fourth-order valence-corrected chi connectivity index (χ4v) is 3.77. The number of hydrogen-bond donors (Lipinski definition) is 1. The first-order valence-electron chi connectivity index (χ1n) is 10.9. The third-order valence-electron chi connectivity index (χ3n) is 5.87. The van der Waals surface area contributed by atoms with Gasteiger partial charge in [0.2, 0.25) is 5.91 Å². The molecule has 0 bridgehead atoms. The highest BCUT2D eigenvalue weighted by atomic mass is 19.4. The molecule has 1 aliphatic heterocycles. The van der Waals surface area contributed by atoms with Gasteiger partial charge in [0.05, 0.1) is 37.8 Å². The summed E-state index contributed by atoms with van der Waals surface area (Å²) in [4.78, 5) is 16.8. The van der Waals surface area contributed by atoms with Crippen molar-refractivity contribution in [1.82, 2.24) is 10.3 Å². The number of hydrogen-bond acceptors (Lipinski definition) is 5. The first-order chi connectivity index (χ1) is 15.6. The third kappa shape index (κ3) is 6.16. The van der Waals surface area contributed by atoms with Gasteiger partial charge in [0.15, 0.2) is 6.61 Å². The van der Waals surface area contributed by atoms with E-state index < -0.39 is 12.8 Å². The zero-order valence-electron chi connectivity index (χ0n) is 18.5. The lowest BCUT2D eigenvalue weighted by atomic mass is 9.90. The molecule has 1 aromatic heterocycles. The molecule has 0 radical (unpaired) electrons. The molecule has 1 unspecified atom stereocenters. The van der Waals surface area contributed by atoms with Crippen molar-refractivity contribution in [3.05, 3.63) is 53.9 Å². The zero-order valence-corrected chi connectivity index (χ0v) is 18.5. The van der Waals surface area contributed by atoms with Gasteiger partial charge in [-0.15, -0.1) is 0 Å². The van der Waals surface area contributed by atoms with Crippen LogP contribution >= 0.6 is 0 Å². The minimum atomic E-state index is -4.41. The van der Waals surface area contributed by atoms with Crippen molar-refractivity contribution in [2.24, 2.45) is 11.3 Å². The predicted octanol–water partition coefficient (Wildman–Crippen LogP) is 4.42. The Labute approximate surface area is 190 Å². The quantitative estimate of drug-likeness (QED) is 0.595. The molecular weight excluding hydrogens is 437 g/mol. The van der Waals surface area contributed by atoms with Crippen LogP contribution in [0.3, 0.4) is 0 Å². The minimum Gasteiger partial charge on any atom is -0.493 e. The van der Waals surface area contributed by atoms with Gasteiger partial charge < -0.3 is 19.5 Å². The summed E-state index contributed by atoms with van der Waals surface area (Å²) in [6, 6.07) is 10.4. The normalized spacial score (nSPS) is 22.1. The Hall–Kier alpha value is -2.81. The van der Waals surface area contributed by atoms with E-state index in [9.17, 15) is 18.0 Å². The Bertz CT molecular complexity index is 976. The average Bonchev–Trinajstić information content (AvgIpc) is 3.56. The van der Waals surface area contributed by atoms with Gasteiger partial charge in [-0.2, -0.15) is 13.2 Å². The molecule has 33 heavy (non-hydrogen) atoms. The van der Waals surface area contributed by atoms with E-state index in [-0.39, 0.29) is 34.9 Å². The van der Waals surface area contributed by atoms with Gasteiger partial charge in [0, 0.05) is 11.3 Å². The van der Waals surface area contributed by atoms with Crippen molar-refractivity contribution in [3.8, 4) is 11.5 Å². The van der Waals surface area contributed by atoms with Crippen LogP contribution in [-0.2, 0) is 9.53 Å². The number of pyridine rings is 1. The Balaban J connectivity index is 1.27. The van der Waals surface area contributed by atoms with E-state index in [0.717, 1.165) is 17.7 Å². The van der Waals surface area contributed by atoms with Crippen molar-refractivity contribution in [3.63, 3.8) is 0 Å². The van der Waals surface area contributed by atoms with Crippen molar-refractivity contribution in [2.75, 3.05) is 26.4 Å². The van der Waals surface area contributed by atoms with Crippen LogP contribution in [0.15, 0.2) is 42.6 Å². The highest BCUT2D eigenvalue weighted by Crippen LogP contribution is 2.48. The van der Waals surface area contributed by atoms with Crippen molar-refractivity contribution in [1.29, 1.82) is 0 Å². The molecule has 2 fully saturated rings. The summed E-state index contributed by atoms with van der Waals surface area (Å²) in [6.45, 7) is 4.54. The van der Waals surface area contributed by atoms with Crippen LogP contribution in [0.1, 0.15) is 43.5 Å². The molecule has 3 atom stereocenters. The molecule has 1 N–H and O–H groups in total. The number of halogens is 3. The van der Waals surface area contributed by atoms with E-state index in [1.807, 2.05) is 24.3 Å². The summed E-state index contributed by atoms with van der Waals surface area (Å²) in [7, 11) is 0. The minimum absolute atomic E-state index is 0.0257. The van der Waals surface area contributed by atoms with Gasteiger partial charge in [-0.05, 0) is 49.1 Å². The number of benzene rings is 1. The van der Waals surface area contributed by atoms with Crippen molar-refractivity contribution < 1.29 is 32.2 Å². The first kappa shape index (κ1) is 23.4. The maximum absolute atomic E-state index is 12.7. The molecule has 1 saturated heterocycles. The van der Waals surface area contributed by atoms with E-state index in [0.29, 0.717) is 25.5 Å². The lowest BCUT2D eigenvalue weighted by Crippen LogP contribution is -2.44. The standard InChI is InChI=1S/C24H27F3N2O4/c1-15(21-7-6-18(10-28-21)33-14-24(25,26)27)29-22(30)20-9-19(20)16-4-3-5-17(8-16)32-13-23(2)11-31-12-23/h3-8,10,15,19-20H,9,11-14H2,1-2H3,(H,29,30)/t15?,19-,20+/m1/s1. The Morgan fingerprint density at radius 2 is 2.03 bits per heavy atom. The van der Waals surface area contributed by atoms with E-state index in [4.69, 9.17) is 9.47 Å². The van der Waals surface area contributed by atoms with Crippen LogP contribution in [0.5, 0.6) is 11.5 Å². The molecule has 4 rings (SSSR count). The number of rotatable bonds is 9. The molecule has 6 nitrogen and oxygen atoms in total. The fraction of sp³-hybridized carbons (Fsp3) is 0.500. The van der Waals surface area contributed by atoms with Crippen molar-refractivity contribution in [2.45, 2.75) is 38.4 Å². The molecule has 1 amide bonds. The lowest BCUT2D eigenvalue weighted by molar-refractivity contribution is -0.153. The molecule has 1 aliphatic carbocycles. The summed E-state index contributed by atoms with van der Waals surface area (Å²) in [5.41, 5.74) is 1.67. The molecule has 2 aliphatic rings. The van der Waals surface area contributed by atoms with E-state index in [1.54, 1.807) is 13.0 Å². The van der Waals surface area contributed by atoms with Crippen LogP contribution in [0.4, 0.5) is 13.2 Å². The fourth-order valence-electron chi connectivity index (χ4n) is 3.77. The maximum atomic E-state index is 12.7. The summed E-state index contributed by atoms with van der Waals surface area (Å²) in [5.74, 6) is 0.746. The number of nitrogens with one attached hydrogen (secondary N) is 1. The van der Waals surface area contributed by atoms with Gasteiger partial charge in [-0.3, -0.25) is 9.78 Å². The van der Waals surface area contributed by atoms with Gasteiger partial charge >= 0.3 is 6.18 Å². The number of amides is 1. The number of aromatic nitrogens is 1. The largest absolute Gasteiger partial charge is 0.493 e. The molecule has 0 spiro atoms. The van der Waals surface area contributed by atoms with E-state index in [2.05, 4.69) is 22.0 Å². The van der Waals surface area contributed by atoms with Gasteiger partial charge in [-0.25, -0.2) is 0 Å². The summed E-state index contributed by atoms with van der Waals surface area (Å²) < 4.78 is 52.6. The molecule has 1 aromatic carbocycles. The van der Waals surface area contributed by atoms with E-state index >= 15 is 0 Å². The number of carbonyl (C=O) groups is 1. The Morgan fingerprint density at radius 3 is 2.67 bits per heavy atom. The van der Waals surface area contributed by atoms with Gasteiger partial charge in [0.25, 0.3) is 0 Å². The molecule has 9 heteroatoms. The smallest absolute Gasteiger partial charge is 0.422 e. The SMILES string of the molecule is CC(NC(=O)[C@H]1C[C@@H]1c1cccc(OCC2(C)COC2)c1)c1ccc(OCC(F)(F)F)cn1. The second kappa shape index (κ2) is 9.21. The third-order valence-corrected chi connectivity index (χ3v) is 5.87. The van der Waals surface area contributed by atoms with Crippen LogP contribution in [0.2, 0.25) is 0 Å². The monoisotopic (exact) mass is 464 g/mol. The molecule has 2 aromatic rings. The molecule has 1 saturated carbocycles. The van der Waals surface area contributed by atoms with Crippen LogP contribution in [-0.4, -0.2) is 43.5 Å². The summed E-state index contributed by atoms with van der Waals surface area (Å²) >= 11 is 0. The number of ether oxygens (including phenoxy) is 3. The molecule has 2 heterocycles. The maximum Gasteiger partial charge on any atom is 0.422 e. The second-order valence-electron chi connectivity index (χ2n) is 9.17. The molecule has 178 valence electrons. The Morgan fingerprint density at radius 1 is 1.24 bits per heavy atom. The van der Waals surface area contributed by atoms with Crippen LogP contribution < -0.4 is 14.8 Å². The van der Waals surface area contributed by atoms with Crippen LogP contribution in [0, 0.1) is 11.3 Å². The highest BCUT2D eigenvalue weighted by Gasteiger charge is 2.44. The molecular formula is C24H27F3N2O4. The van der Waals surface area contributed by atoms with Crippen molar-refractivity contribution >= 4 is 5.91 Å². The summed E-state index contributed by atoms with van der Waals surface area (Å²) in [5, 5.41) is 2.94. The van der Waals surface area contributed by atoms with E-state index in [1.165, 1.54) is 12.3 Å². The van der Waals surface area contributed by atoms with Crippen LogP contribution in [0.25, 0.3) is 0 Å². The Kier molecular flexibility index (Phi) is 6.52. The first-order valence-corrected chi connectivity index (χ1v) is 10.9. The summed E-state index contributed by atoms with van der Waals surface area (Å²) in [6.07, 6.45) is -2.42. The number of carbonyl (C=O) groups excluding carboxylic acids is 1. The average molecular weight is 464 g/mol. The van der Waals surface area contributed by atoms with Gasteiger partial charge in [0.1, 0.15) is 11.5 Å². The highest BCUT2D eigenvalue weighted by molar-refractivity contribution is 5.83. The predicted molar refractivity (Wildman–Crippen MR) is 114 cm³/mol. The topological polar surface area (TPSA) is 69.7 Å². The second-order valence-corrected chi connectivity index (χ2v) is 9.17. The number of alkyl halides is 3. The van der Waals surface area contributed by atoms with Gasteiger partial charge in [-0.1, -0.05) is 19.1 Å². The zero-order chi connectivity index (χ0) is 23.6.